The normalized spacial score (nSPS) is 25.0. The molecule has 0 radical (unpaired) electrons. The fourth-order valence-corrected chi connectivity index (χ4v) is 18.5. The van der Waals surface area contributed by atoms with E-state index in [9.17, 15) is 0 Å². The number of hydrogen-bond acceptors (Lipinski definition) is 2. The predicted octanol–water partition coefficient (Wildman–Crippen LogP) is 8.95. The van der Waals surface area contributed by atoms with Gasteiger partial charge < -0.3 is 0 Å². The number of fused-ring (bicyclic) bond motifs is 6. The van der Waals surface area contributed by atoms with Crippen LogP contribution in [0.25, 0.3) is 0 Å². The number of halogens is 2. The summed E-state index contributed by atoms with van der Waals surface area (Å²) in [6, 6.07) is 13.2. The average molecular weight is 574 g/mol. The van der Waals surface area contributed by atoms with E-state index in [0.717, 1.165) is 38.5 Å². The van der Waals surface area contributed by atoms with Gasteiger partial charge in [0.15, 0.2) is 0 Å². The predicted molar refractivity (Wildman–Crippen MR) is 138 cm³/mol. The minimum atomic E-state index is -4.71. The molecule has 1 aliphatic heterocycles. The average Bonchev–Trinajstić information content (AvgIpc) is 3.45. The molecule has 0 N–H and O–H groups in total. The third-order valence-electron chi connectivity index (χ3n) is 8.22. The first-order chi connectivity index (χ1) is 18.1. The Hall–Kier alpha value is -2.78. The van der Waals surface area contributed by atoms with Crippen LogP contribution < -0.4 is 5.63 Å². The van der Waals surface area contributed by atoms with Crippen LogP contribution in [0.2, 0.25) is 7.25 Å². The Morgan fingerprint density at radius 1 is 0.595 bits per heavy atom. The molecular formula is C32H28F2O2Zr. The van der Waals surface area contributed by atoms with Gasteiger partial charge in [0.25, 0.3) is 0 Å². The molecule has 0 amide bonds. The maximum absolute atomic E-state index is 15.3. The van der Waals surface area contributed by atoms with E-state index in [2.05, 4.69) is 36.5 Å². The van der Waals surface area contributed by atoms with Gasteiger partial charge in [-0.05, 0) is 0 Å². The summed E-state index contributed by atoms with van der Waals surface area (Å²) in [6.07, 6.45) is 19.6. The molecule has 5 aliphatic rings. The summed E-state index contributed by atoms with van der Waals surface area (Å²) in [7, 11) is 0. The van der Waals surface area contributed by atoms with Crippen molar-refractivity contribution in [3.8, 4) is 11.5 Å². The Labute approximate surface area is 222 Å². The molecule has 2 nitrogen and oxygen atoms in total. The molecule has 4 aliphatic carbocycles. The zero-order chi connectivity index (χ0) is 25.0. The van der Waals surface area contributed by atoms with E-state index in [1.54, 1.807) is 36.4 Å². The molecule has 2 aromatic rings. The van der Waals surface area contributed by atoms with Crippen LogP contribution in [0.3, 0.4) is 0 Å². The number of rotatable bonds is 4. The topological polar surface area (TPSA) is 18.5 Å². The van der Waals surface area contributed by atoms with Gasteiger partial charge >= 0.3 is 223 Å². The van der Waals surface area contributed by atoms with Crippen LogP contribution in [0, 0.1) is 11.6 Å². The Morgan fingerprint density at radius 3 is 1.49 bits per heavy atom. The Balaban J connectivity index is 1.51. The van der Waals surface area contributed by atoms with Crippen LogP contribution in [-0.2, 0) is 21.1 Å². The van der Waals surface area contributed by atoms with Crippen LogP contribution in [-0.4, -0.2) is 0 Å². The first-order valence-corrected chi connectivity index (χ1v) is 18.1. The number of para-hydroxylation sites is 2. The van der Waals surface area contributed by atoms with Crippen LogP contribution >= 0.6 is 0 Å². The first kappa shape index (κ1) is 23.3. The molecule has 7 rings (SSSR count). The van der Waals surface area contributed by atoms with Crippen molar-refractivity contribution in [1.29, 1.82) is 0 Å². The number of benzene rings is 2. The van der Waals surface area contributed by atoms with Gasteiger partial charge in [0, 0.05) is 0 Å². The molecule has 2 unspecified atom stereocenters. The quantitative estimate of drug-likeness (QED) is 0.364. The Kier molecular flexibility index (Phi) is 5.81. The second kappa shape index (κ2) is 9.20. The van der Waals surface area contributed by atoms with E-state index in [0.29, 0.717) is 0 Å². The van der Waals surface area contributed by atoms with Crippen molar-refractivity contribution in [3.63, 3.8) is 0 Å². The molecule has 5 heteroatoms. The zero-order valence-electron chi connectivity index (χ0n) is 20.6. The molecule has 0 aromatic heterocycles. The summed E-state index contributed by atoms with van der Waals surface area (Å²) in [6.45, 7) is 0. The molecule has 1 fully saturated rings. The maximum atomic E-state index is 15.3. The van der Waals surface area contributed by atoms with E-state index < -0.39 is 32.8 Å². The van der Waals surface area contributed by atoms with Gasteiger partial charge in [-0.3, -0.25) is 0 Å². The minimum absolute atomic E-state index is 0.0851. The van der Waals surface area contributed by atoms with Crippen LogP contribution in [0.15, 0.2) is 118 Å². The molecule has 2 aromatic carbocycles. The third kappa shape index (κ3) is 3.81. The SMILES string of the molecule is Fc1ccccc1[O][Zr]1([O]c2ccccc2F)[CH]2C(=CC3=CCCC=C32)CCC2=CC3=CCCC=C3[CH]21. The molecule has 186 valence electrons. The van der Waals surface area contributed by atoms with Gasteiger partial charge in [-0.2, -0.15) is 0 Å². The summed E-state index contributed by atoms with van der Waals surface area (Å²) in [5, 5.41) is 0. The molecule has 1 saturated heterocycles. The molecule has 1 heterocycles. The van der Waals surface area contributed by atoms with Gasteiger partial charge in [-0.1, -0.05) is 0 Å². The fraction of sp³-hybridized carbons (Fsp3) is 0.250. The summed E-state index contributed by atoms with van der Waals surface area (Å²) < 4.78 is 44.5. The van der Waals surface area contributed by atoms with E-state index in [4.69, 9.17) is 5.63 Å². The van der Waals surface area contributed by atoms with Crippen molar-refractivity contribution in [2.24, 2.45) is 0 Å². The van der Waals surface area contributed by atoms with E-state index in [-0.39, 0.29) is 18.8 Å². The summed E-state index contributed by atoms with van der Waals surface area (Å²) in [5.41, 5.74) is 7.53. The summed E-state index contributed by atoms with van der Waals surface area (Å²) >= 11 is -4.71. The van der Waals surface area contributed by atoms with Crippen molar-refractivity contribution >= 4 is 0 Å². The van der Waals surface area contributed by atoms with Crippen LogP contribution in [0.4, 0.5) is 8.78 Å². The Morgan fingerprint density at radius 2 is 1.03 bits per heavy atom. The fourth-order valence-electron chi connectivity index (χ4n) is 6.74. The third-order valence-corrected chi connectivity index (χ3v) is 18.2. The second-order valence-corrected chi connectivity index (χ2v) is 17.8. The standard InChI is InChI=1S/C20H20.2C6H5FO.Zr/c1-2-6-18-12-15(11-17(18)5-1)9-10-16-13-19-7-3-4-8-20(19)14-16;2*7-5-3-1-2-4-6(5)8;/h5-8,11-14H,1-4,9-10H2;2*1-4,8H;/q;;;+2/p-2. The van der Waals surface area contributed by atoms with E-state index in [1.165, 1.54) is 45.6 Å². The molecule has 0 bridgehead atoms. The van der Waals surface area contributed by atoms with Gasteiger partial charge in [0.2, 0.25) is 0 Å². The van der Waals surface area contributed by atoms with Crippen LogP contribution in [0.1, 0.15) is 38.5 Å². The molecule has 0 spiro atoms. The van der Waals surface area contributed by atoms with Crippen molar-refractivity contribution in [2.75, 3.05) is 0 Å². The van der Waals surface area contributed by atoms with Gasteiger partial charge in [-0.15, -0.1) is 0 Å². The van der Waals surface area contributed by atoms with Gasteiger partial charge in [-0.25, -0.2) is 0 Å². The zero-order valence-corrected chi connectivity index (χ0v) is 23.0. The van der Waals surface area contributed by atoms with Crippen LogP contribution in [0.5, 0.6) is 11.5 Å². The molecule has 2 atom stereocenters. The van der Waals surface area contributed by atoms with Gasteiger partial charge in [0.05, 0.1) is 0 Å². The van der Waals surface area contributed by atoms with Crippen molar-refractivity contribution in [3.05, 3.63) is 130 Å². The molecule has 0 saturated carbocycles. The summed E-state index contributed by atoms with van der Waals surface area (Å²) in [4.78, 5) is 0. The van der Waals surface area contributed by atoms with Crippen molar-refractivity contribution < 1.29 is 35.6 Å². The van der Waals surface area contributed by atoms with Gasteiger partial charge in [0.1, 0.15) is 0 Å². The number of hydrogen-bond donors (Lipinski definition) is 0. The van der Waals surface area contributed by atoms with E-state index >= 15 is 8.78 Å². The van der Waals surface area contributed by atoms with E-state index in [1.807, 2.05) is 0 Å². The molecular weight excluding hydrogens is 546 g/mol. The second-order valence-electron chi connectivity index (χ2n) is 10.4. The molecule has 37 heavy (non-hydrogen) atoms. The summed E-state index contributed by atoms with van der Waals surface area (Å²) in [5.74, 6) is -0.404. The Bertz CT molecular complexity index is 1360. The van der Waals surface area contributed by atoms with Crippen molar-refractivity contribution in [2.45, 2.75) is 45.8 Å². The number of allylic oxidation sites excluding steroid dienone is 12. The first-order valence-electron chi connectivity index (χ1n) is 13.2. The van der Waals surface area contributed by atoms with Crippen molar-refractivity contribution in [1.82, 2.24) is 0 Å². The monoisotopic (exact) mass is 572 g/mol.